The molecule has 0 N–H and O–H groups in total. The summed E-state index contributed by atoms with van der Waals surface area (Å²) < 4.78 is 2.40. The van der Waals surface area contributed by atoms with Gasteiger partial charge in [0.15, 0.2) is 0 Å². The Kier molecular flexibility index (Phi) is 4.03. The first-order chi connectivity index (χ1) is 7.85. The van der Waals surface area contributed by atoms with Crippen LogP contribution in [0, 0.1) is 5.92 Å². The quantitative estimate of drug-likeness (QED) is 0.679. The Labute approximate surface area is 99.1 Å². The fourth-order valence-electron chi connectivity index (χ4n) is 2.40. The summed E-state index contributed by atoms with van der Waals surface area (Å²) >= 11 is 0. The Morgan fingerprint density at radius 1 is 1.44 bits per heavy atom. The van der Waals surface area contributed by atoms with Gasteiger partial charge in [0.05, 0.1) is 6.33 Å². The molecule has 1 aromatic rings. The summed E-state index contributed by atoms with van der Waals surface area (Å²) in [7, 11) is 0. The summed E-state index contributed by atoms with van der Waals surface area (Å²) in [5, 5.41) is 0. The van der Waals surface area contributed by atoms with Crippen molar-refractivity contribution in [2.75, 3.05) is 0 Å². The van der Waals surface area contributed by atoms with Crippen LogP contribution < -0.4 is 0 Å². The molecule has 1 aromatic heterocycles. The van der Waals surface area contributed by atoms with Crippen LogP contribution in [0.2, 0.25) is 0 Å². The van der Waals surface area contributed by atoms with Crippen LogP contribution in [0.3, 0.4) is 0 Å². The lowest BCUT2D eigenvalue weighted by Crippen LogP contribution is -2.11. The predicted molar refractivity (Wildman–Crippen MR) is 67.5 cm³/mol. The maximum absolute atomic E-state index is 4.31. The molecule has 0 aliphatic heterocycles. The number of nitrogens with zero attached hydrogens (tertiary/aromatic N) is 2. The zero-order valence-corrected chi connectivity index (χ0v) is 10.7. The van der Waals surface area contributed by atoms with Crippen molar-refractivity contribution in [1.82, 2.24) is 9.55 Å². The van der Waals surface area contributed by atoms with Crippen molar-refractivity contribution >= 4 is 0 Å². The smallest absolute Gasteiger partial charge is 0.0948 e. The van der Waals surface area contributed by atoms with Crippen LogP contribution >= 0.6 is 0 Å². The monoisotopic (exact) mass is 220 g/mol. The van der Waals surface area contributed by atoms with Crippen LogP contribution in [0.15, 0.2) is 12.5 Å². The van der Waals surface area contributed by atoms with E-state index in [1.165, 1.54) is 50.8 Å². The highest BCUT2D eigenvalue weighted by atomic mass is 15.1. The average molecular weight is 220 g/mol. The van der Waals surface area contributed by atoms with Crippen molar-refractivity contribution in [3.8, 4) is 0 Å². The van der Waals surface area contributed by atoms with Gasteiger partial charge >= 0.3 is 0 Å². The number of imidazole rings is 1. The second-order valence-electron chi connectivity index (χ2n) is 5.16. The highest BCUT2D eigenvalue weighted by Crippen LogP contribution is 2.40. The fraction of sp³-hybridized carbons (Fsp3) is 0.786. The molecular formula is C14H24N2. The molecule has 90 valence electrons. The van der Waals surface area contributed by atoms with E-state index in [1.54, 1.807) is 0 Å². The summed E-state index contributed by atoms with van der Waals surface area (Å²) in [5.74, 6) is 1.66. The van der Waals surface area contributed by atoms with Crippen molar-refractivity contribution in [3.05, 3.63) is 18.2 Å². The highest BCUT2D eigenvalue weighted by molar-refractivity contribution is 5.12. The van der Waals surface area contributed by atoms with Gasteiger partial charge in [-0.25, -0.2) is 4.98 Å². The molecule has 1 atom stereocenters. The molecule has 2 heteroatoms. The molecule has 2 nitrogen and oxygen atoms in total. The molecule has 0 aromatic carbocycles. The van der Waals surface area contributed by atoms with Crippen LogP contribution in [0.1, 0.15) is 64.0 Å². The Morgan fingerprint density at radius 3 is 2.88 bits per heavy atom. The van der Waals surface area contributed by atoms with E-state index in [0.717, 1.165) is 11.8 Å². The van der Waals surface area contributed by atoms with E-state index >= 15 is 0 Å². The third-order valence-electron chi connectivity index (χ3n) is 3.74. The van der Waals surface area contributed by atoms with E-state index in [1.807, 2.05) is 6.33 Å². The van der Waals surface area contributed by atoms with Gasteiger partial charge < -0.3 is 4.57 Å². The number of aromatic nitrogens is 2. The minimum Gasteiger partial charge on any atom is -0.334 e. The van der Waals surface area contributed by atoms with E-state index in [-0.39, 0.29) is 0 Å². The van der Waals surface area contributed by atoms with E-state index in [4.69, 9.17) is 0 Å². The third-order valence-corrected chi connectivity index (χ3v) is 3.74. The summed E-state index contributed by atoms with van der Waals surface area (Å²) in [5.41, 5.74) is 1.48. The summed E-state index contributed by atoms with van der Waals surface area (Å²) in [6, 6.07) is 0. The molecule has 0 saturated heterocycles. The van der Waals surface area contributed by atoms with Gasteiger partial charge in [0.1, 0.15) is 0 Å². The molecule has 16 heavy (non-hydrogen) atoms. The highest BCUT2D eigenvalue weighted by Gasteiger charge is 2.27. The normalized spacial score (nSPS) is 17.6. The van der Waals surface area contributed by atoms with Gasteiger partial charge in [-0.1, -0.05) is 33.1 Å². The van der Waals surface area contributed by atoms with Crippen LogP contribution in [-0.4, -0.2) is 9.55 Å². The molecule has 0 bridgehead atoms. The molecule has 1 unspecified atom stereocenters. The first kappa shape index (κ1) is 11.7. The van der Waals surface area contributed by atoms with E-state index < -0.39 is 0 Å². The van der Waals surface area contributed by atoms with Crippen LogP contribution in [0.5, 0.6) is 0 Å². The molecule has 0 radical (unpaired) electrons. The maximum atomic E-state index is 4.31. The lowest BCUT2D eigenvalue weighted by atomic mass is 9.99. The van der Waals surface area contributed by atoms with Gasteiger partial charge in [-0.05, 0) is 25.2 Å². The maximum Gasteiger partial charge on any atom is 0.0948 e. The minimum atomic E-state index is 0.825. The van der Waals surface area contributed by atoms with Gasteiger partial charge in [0.2, 0.25) is 0 Å². The van der Waals surface area contributed by atoms with Gasteiger partial charge in [-0.3, -0.25) is 0 Å². The number of rotatable bonds is 7. The van der Waals surface area contributed by atoms with Gasteiger partial charge in [-0.15, -0.1) is 0 Å². The SMILES string of the molecule is CCCCC(CC)Cn1cncc1C1CC1. The van der Waals surface area contributed by atoms with Gasteiger partial charge in [-0.2, -0.15) is 0 Å². The van der Waals surface area contributed by atoms with Crippen LogP contribution in [0.4, 0.5) is 0 Å². The van der Waals surface area contributed by atoms with Gasteiger partial charge in [0.25, 0.3) is 0 Å². The first-order valence-corrected chi connectivity index (χ1v) is 6.85. The number of unbranched alkanes of at least 4 members (excludes halogenated alkanes) is 1. The van der Waals surface area contributed by atoms with E-state index in [0.29, 0.717) is 0 Å². The first-order valence-electron chi connectivity index (χ1n) is 6.85. The van der Waals surface area contributed by atoms with Crippen molar-refractivity contribution in [2.45, 2.75) is 64.8 Å². The third kappa shape index (κ3) is 2.87. The molecule has 1 aliphatic carbocycles. The average Bonchev–Trinajstić information content (AvgIpc) is 3.05. The molecular weight excluding hydrogens is 196 g/mol. The molecule has 1 fully saturated rings. The van der Waals surface area contributed by atoms with Gasteiger partial charge in [0, 0.05) is 24.4 Å². The summed E-state index contributed by atoms with van der Waals surface area (Å²) in [6.07, 6.45) is 12.2. The molecule has 1 aliphatic rings. The molecule has 0 spiro atoms. The van der Waals surface area contributed by atoms with Crippen molar-refractivity contribution in [1.29, 1.82) is 0 Å². The Hall–Kier alpha value is -0.790. The van der Waals surface area contributed by atoms with Crippen LogP contribution in [-0.2, 0) is 6.54 Å². The predicted octanol–water partition coefficient (Wildman–Crippen LogP) is 3.98. The Morgan fingerprint density at radius 2 is 2.25 bits per heavy atom. The largest absolute Gasteiger partial charge is 0.334 e. The minimum absolute atomic E-state index is 0.825. The molecule has 0 amide bonds. The fourth-order valence-corrected chi connectivity index (χ4v) is 2.40. The van der Waals surface area contributed by atoms with Crippen molar-refractivity contribution in [3.63, 3.8) is 0 Å². The lowest BCUT2D eigenvalue weighted by molar-refractivity contribution is 0.385. The molecule has 1 heterocycles. The Bertz CT molecular complexity index is 312. The number of hydrogen-bond acceptors (Lipinski definition) is 1. The van der Waals surface area contributed by atoms with Crippen molar-refractivity contribution in [2.24, 2.45) is 5.92 Å². The standard InChI is InChI=1S/C14H24N2/c1-3-5-6-12(4-2)10-16-11-15-9-14(16)13-7-8-13/h9,11-13H,3-8,10H2,1-2H3. The Balaban J connectivity index is 1.92. The topological polar surface area (TPSA) is 17.8 Å². The molecule has 2 rings (SSSR count). The number of hydrogen-bond donors (Lipinski definition) is 0. The van der Waals surface area contributed by atoms with Crippen molar-refractivity contribution < 1.29 is 0 Å². The van der Waals surface area contributed by atoms with Crippen LogP contribution in [0.25, 0.3) is 0 Å². The molecule has 1 saturated carbocycles. The zero-order chi connectivity index (χ0) is 11.4. The second-order valence-corrected chi connectivity index (χ2v) is 5.16. The van der Waals surface area contributed by atoms with E-state index in [2.05, 4.69) is 29.6 Å². The second kappa shape index (κ2) is 5.51. The van der Waals surface area contributed by atoms with E-state index in [9.17, 15) is 0 Å². The summed E-state index contributed by atoms with van der Waals surface area (Å²) in [6.45, 7) is 5.77. The zero-order valence-electron chi connectivity index (χ0n) is 10.7. The summed E-state index contributed by atoms with van der Waals surface area (Å²) in [4.78, 5) is 4.31. The lowest BCUT2D eigenvalue weighted by Gasteiger charge is -2.16.